The summed E-state index contributed by atoms with van der Waals surface area (Å²) in [4.78, 5) is 0. The minimum Gasteiger partial charge on any atom is -0.494 e. The Kier molecular flexibility index (Phi) is 5.11. The monoisotopic (exact) mass is 293 g/mol. The minimum atomic E-state index is -0.877. The van der Waals surface area contributed by atoms with Crippen LogP contribution in [0.4, 0.5) is 8.78 Å². The van der Waals surface area contributed by atoms with Crippen molar-refractivity contribution < 1.29 is 18.3 Å². The molecule has 0 saturated carbocycles. The van der Waals surface area contributed by atoms with Crippen molar-refractivity contribution in [2.45, 2.75) is 13.0 Å². The van der Waals surface area contributed by atoms with E-state index in [0.29, 0.717) is 12.4 Å². The summed E-state index contributed by atoms with van der Waals surface area (Å²) in [5.74, 6) is -0.0458. The molecule has 0 heterocycles. The molecule has 2 N–H and O–H groups in total. The van der Waals surface area contributed by atoms with Gasteiger partial charge in [0.25, 0.3) is 0 Å². The molecule has 0 aliphatic rings. The lowest BCUT2D eigenvalue weighted by atomic mass is 10.1. The summed E-state index contributed by atoms with van der Waals surface area (Å²) in [7, 11) is 0. The summed E-state index contributed by atoms with van der Waals surface area (Å²) in [5.41, 5.74) is 5.63. The molecule has 0 fully saturated rings. The van der Waals surface area contributed by atoms with E-state index in [1.54, 1.807) is 24.3 Å². The molecule has 1 atom stereocenters. The standard InChI is InChI=1S/C16H17F2NO2/c1-2-20-11-6-8-12(9-7-11)21-10-15(19)16-13(17)4-3-5-14(16)18/h3-9,15H,2,10,19H2,1H3. The van der Waals surface area contributed by atoms with E-state index in [0.717, 1.165) is 5.75 Å². The number of benzene rings is 2. The van der Waals surface area contributed by atoms with Crippen molar-refractivity contribution in [2.24, 2.45) is 5.73 Å². The first-order chi connectivity index (χ1) is 10.1. The van der Waals surface area contributed by atoms with Gasteiger partial charge in [-0.1, -0.05) is 6.07 Å². The Morgan fingerprint density at radius 3 is 2.00 bits per heavy atom. The number of hydrogen-bond acceptors (Lipinski definition) is 3. The molecule has 0 radical (unpaired) electrons. The van der Waals surface area contributed by atoms with Crippen LogP contribution in [0.3, 0.4) is 0 Å². The van der Waals surface area contributed by atoms with Crippen LogP contribution < -0.4 is 15.2 Å². The van der Waals surface area contributed by atoms with Crippen molar-refractivity contribution in [3.8, 4) is 11.5 Å². The molecule has 112 valence electrons. The number of ether oxygens (including phenoxy) is 2. The van der Waals surface area contributed by atoms with Crippen molar-refractivity contribution in [3.05, 3.63) is 59.7 Å². The lowest BCUT2D eigenvalue weighted by Crippen LogP contribution is -2.21. The molecule has 21 heavy (non-hydrogen) atoms. The van der Waals surface area contributed by atoms with Crippen LogP contribution in [-0.4, -0.2) is 13.2 Å². The molecule has 2 aromatic carbocycles. The van der Waals surface area contributed by atoms with Crippen LogP contribution in [0.2, 0.25) is 0 Å². The molecule has 0 amide bonds. The van der Waals surface area contributed by atoms with Gasteiger partial charge in [-0.25, -0.2) is 8.78 Å². The van der Waals surface area contributed by atoms with Crippen molar-refractivity contribution >= 4 is 0 Å². The third-order valence-corrected chi connectivity index (χ3v) is 2.93. The Bertz CT molecular complexity index is 567. The van der Waals surface area contributed by atoms with Crippen molar-refractivity contribution in [3.63, 3.8) is 0 Å². The van der Waals surface area contributed by atoms with Crippen LogP contribution in [0.15, 0.2) is 42.5 Å². The van der Waals surface area contributed by atoms with Crippen LogP contribution in [-0.2, 0) is 0 Å². The predicted octanol–water partition coefficient (Wildman–Crippen LogP) is 3.44. The Hall–Kier alpha value is -2.14. The maximum atomic E-state index is 13.6. The molecule has 5 heteroatoms. The highest BCUT2D eigenvalue weighted by Crippen LogP contribution is 2.22. The second kappa shape index (κ2) is 7.04. The first kappa shape index (κ1) is 15.3. The number of nitrogens with two attached hydrogens (primary N) is 1. The fourth-order valence-electron chi connectivity index (χ4n) is 1.93. The molecular weight excluding hydrogens is 276 g/mol. The second-order valence-corrected chi connectivity index (χ2v) is 4.46. The molecule has 0 aromatic heterocycles. The Labute approximate surface area is 122 Å². The summed E-state index contributed by atoms with van der Waals surface area (Å²) in [6.07, 6.45) is 0. The van der Waals surface area contributed by atoms with E-state index in [9.17, 15) is 8.78 Å². The van der Waals surface area contributed by atoms with E-state index in [-0.39, 0.29) is 12.2 Å². The van der Waals surface area contributed by atoms with E-state index < -0.39 is 17.7 Å². The molecule has 0 saturated heterocycles. The van der Waals surface area contributed by atoms with E-state index in [1.165, 1.54) is 18.2 Å². The highest BCUT2D eigenvalue weighted by molar-refractivity contribution is 5.31. The molecule has 1 unspecified atom stereocenters. The number of hydrogen-bond donors (Lipinski definition) is 1. The van der Waals surface area contributed by atoms with Crippen LogP contribution in [0.1, 0.15) is 18.5 Å². The van der Waals surface area contributed by atoms with Crippen LogP contribution in [0.5, 0.6) is 11.5 Å². The summed E-state index contributed by atoms with van der Waals surface area (Å²) < 4.78 is 37.9. The molecule has 0 aliphatic carbocycles. The van der Waals surface area contributed by atoms with Crippen LogP contribution >= 0.6 is 0 Å². The predicted molar refractivity (Wildman–Crippen MR) is 76.4 cm³/mol. The van der Waals surface area contributed by atoms with Gasteiger partial charge in [-0.05, 0) is 43.3 Å². The highest BCUT2D eigenvalue weighted by atomic mass is 19.1. The van der Waals surface area contributed by atoms with Gasteiger partial charge in [-0.15, -0.1) is 0 Å². The quantitative estimate of drug-likeness (QED) is 0.887. The van der Waals surface area contributed by atoms with Gasteiger partial charge in [0.2, 0.25) is 0 Å². The van der Waals surface area contributed by atoms with E-state index in [1.807, 2.05) is 6.92 Å². The highest BCUT2D eigenvalue weighted by Gasteiger charge is 2.17. The van der Waals surface area contributed by atoms with Gasteiger partial charge in [0, 0.05) is 5.56 Å². The summed E-state index contributed by atoms with van der Waals surface area (Å²) >= 11 is 0. The average molecular weight is 293 g/mol. The van der Waals surface area contributed by atoms with Crippen LogP contribution in [0, 0.1) is 11.6 Å². The van der Waals surface area contributed by atoms with Crippen molar-refractivity contribution in [2.75, 3.05) is 13.2 Å². The fourth-order valence-corrected chi connectivity index (χ4v) is 1.93. The topological polar surface area (TPSA) is 44.5 Å². The smallest absolute Gasteiger partial charge is 0.131 e. The summed E-state index contributed by atoms with van der Waals surface area (Å²) in [6, 6.07) is 9.73. The van der Waals surface area contributed by atoms with Gasteiger partial charge < -0.3 is 15.2 Å². The molecule has 0 spiro atoms. The van der Waals surface area contributed by atoms with Gasteiger partial charge in [-0.2, -0.15) is 0 Å². The lowest BCUT2D eigenvalue weighted by molar-refractivity contribution is 0.283. The van der Waals surface area contributed by atoms with Crippen LogP contribution in [0.25, 0.3) is 0 Å². The zero-order valence-corrected chi connectivity index (χ0v) is 11.7. The third-order valence-electron chi connectivity index (χ3n) is 2.93. The third kappa shape index (κ3) is 3.92. The molecule has 0 aliphatic heterocycles. The van der Waals surface area contributed by atoms with Gasteiger partial charge in [0.1, 0.15) is 29.7 Å². The van der Waals surface area contributed by atoms with Crippen molar-refractivity contribution in [1.29, 1.82) is 0 Å². The normalized spacial score (nSPS) is 12.0. The second-order valence-electron chi connectivity index (χ2n) is 4.46. The molecule has 2 rings (SSSR count). The molecule has 2 aromatic rings. The van der Waals surface area contributed by atoms with E-state index in [4.69, 9.17) is 15.2 Å². The molecule has 0 bridgehead atoms. The summed E-state index contributed by atoms with van der Waals surface area (Å²) in [6.45, 7) is 2.45. The van der Waals surface area contributed by atoms with Gasteiger partial charge in [0.05, 0.1) is 12.6 Å². The largest absolute Gasteiger partial charge is 0.494 e. The van der Waals surface area contributed by atoms with E-state index >= 15 is 0 Å². The zero-order chi connectivity index (χ0) is 15.2. The number of halogens is 2. The minimum absolute atomic E-state index is 0.0220. The Balaban J connectivity index is 1.99. The fraction of sp³-hybridized carbons (Fsp3) is 0.250. The molecule has 3 nitrogen and oxygen atoms in total. The maximum Gasteiger partial charge on any atom is 0.131 e. The van der Waals surface area contributed by atoms with Gasteiger partial charge >= 0.3 is 0 Å². The Morgan fingerprint density at radius 1 is 0.952 bits per heavy atom. The first-order valence-corrected chi connectivity index (χ1v) is 6.67. The molecular formula is C16H17F2NO2. The maximum absolute atomic E-state index is 13.6. The van der Waals surface area contributed by atoms with Gasteiger partial charge in [0.15, 0.2) is 0 Å². The van der Waals surface area contributed by atoms with Gasteiger partial charge in [-0.3, -0.25) is 0 Å². The van der Waals surface area contributed by atoms with Crippen molar-refractivity contribution in [1.82, 2.24) is 0 Å². The zero-order valence-electron chi connectivity index (χ0n) is 11.7. The van der Waals surface area contributed by atoms with E-state index in [2.05, 4.69) is 0 Å². The summed E-state index contributed by atoms with van der Waals surface area (Å²) in [5, 5.41) is 0. The lowest BCUT2D eigenvalue weighted by Gasteiger charge is -2.15. The number of rotatable bonds is 6. The Morgan fingerprint density at radius 2 is 1.48 bits per heavy atom. The first-order valence-electron chi connectivity index (χ1n) is 6.67. The average Bonchev–Trinajstić information content (AvgIpc) is 2.47. The SMILES string of the molecule is CCOc1ccc(OCC(N)c2c(F)cccc2F)cc1.